The zero-order valence-corrected chi connectivity index (χ0v) is 14.3. The van der Waals surface area contributed by atoms with E-state index in [1.165, 1.54) is 0 Å². The van der Waals surface area contributed by atoms with Crippen LogP contribution in [-0.4, -0.2) is 24.0 Å². The van der Waals surface area contributed by atoms with E-state index in [2.05, 4.69) is 0 Å². The lowest BCUT2D eigenvalue weighted by Gasteiger charge is -2.25. The summed E-state index contributed by atoms with van der Waals surface area (Å²) in [6.07, 6.45) is -0.0523. The Labute approximate surface area is 141 Å². The molecule has 2 heterocycles. The minimum Gasteiger partial charge on any atom is -0.466 e. The number of anilines is 1. The molecule has 5 nitrogen and oxygen atoms in total. The van der Waals surface area contributed by atoms with Gasteiger partial charge in [0.2, 0.25) is 0 Å². The SMILES string of the molecule is Cc1cc(C(=O)O[C@@H](C)C(=O)N2c3ccccc3C[C@H]2C)c(C)o1. The molecule has 1 amide bonds. The molecule has 3 rings (SSSR count). The van der Waals surface area contributed by atoms with Crippen molar-refractivity contribution in [1.29, 1.82) is 0 Å². The van der Waals surface area contributed by atoms with E-state index in [0.717, 1.165) is 17.7 Å². The van der Waals surface area contributed by atoms with E-state index in [-0.39, 0.29) is 11.9 Å². The van der Waals surface area contributed by atoms with Crippen LogP contribution >= 0.6 is 0 Å². The Morgan fingerprint density at radius 1 is 1.29 bits per heavy atom. The first kappa shape index (κ1) is 16.3. The molecule has 0 bridgehead atoms. The van der Waals surface area contributed by atoms with Gasteiger partial charge in [0.05, 0.1) is 0 Å². The number of furan rings is 1. The van der Waals surface area contributed by atoms with Crippen LogP contribution in [0, 0.1) is 13.8 Å². The van der Waals surface area contributed by atoms with E-state index in [1.807, 2.05) is 31.2 Å². The molecule has 1 aromatic carbocycles. The van der Waals surface area contributed by atoms with Gasteiger partial charge < -0.3 is 14.1 Å². The molecule has 24 heavy (non-hydrogen) atoms. The number of carbonyl (C=O) groups excluding carboxylic acids is 2. The molecule has 0 spiro atoms. The number of amides is 1. The molecule has 0 N–H and O–H groups in total. The molecule has 1 aliphatic heterocycles. The standard InChI is InChI=1S/C19H21NO4/c1-11-9-15-7-5-6-8-17(15)20(11)18(21)14(4)24-19(22)16-10-12(2)23-13(16)3/h5-8,10-11,14H,9H2,1-4H3/t11-,14+/m1/s1. The highest BCUT2D eigenvalue weighted by Crippen LogP contribution is 2.32. The average molecular weight is 327 g/mol. The molecule has 1 aliphatic rings. The van der Waals surface area contributed by atoms with Gasteiger partial charge in [-0.1, -0.05) is 18.2 Å². The van der Waals surface area contributed by atoms with Crippen molar-refractivity contribution in [2.45, 2.75) is 46.3 Å². The Morgan fingerprint density at radius 3 is 2.67 bits per heavy atom. The molecule has 0 unspecified atom stereocenters. The molecule has 2 atom stereocenters. The maximum absolute atomic E-state index is 12.8. The number of carbonyl (C=O) groups is 2. The maximum atomic E-state index is 12.8. The Balaban J connectivity index is 1.76. The summed E-state index contributed by atoms with van der Waals surface area (Å²) in [6.45, 7) is 7.07. The van der Waals surface area contributed by atoms with Crippen LogP contribution in [0.1, 0.15) is 41.3 Å². The van der Waals surface area contributed by atoms with Gasteiger partial charge in [-0.15, -0.1) is 0 Å². The lowest BCUT2D eigenvalue weighted by atomic mass is 10.1. The third-order valence-corrected chi connectivity index (χ3v) is 4.34. The van der Waals surface area contributed by atoms with E-state index < -0.39 is 12.1 Å². The van der Waals surface area contributed by atoms with Crippen LogP contribution in [0.3, 0.4) is 0 Å². The van der Waals surface area contributed by atoms with Crippen molar-refractivity contribution in [2.24, 2.45) is 0 Å². The molecule has 126 valence electrons. The van der Waals surface area contributed by atoms with Crippen LogP contribution in [-0.2, 0) is 16.0 Å². The molecule has 5 heteroatoms. The molecule has 0 saturated carbocycles. The average Bonchev–Trinajstić information content (AvgIpc) is 3.04. The van der Waals surface area contributed by atoms with Gasteiger partial charge in [-0.25, -0.2) is 4.79 Å². The molecule has 0 radical (unpaired) electrons. The predicted octanol–water partition coefficient (Wildman–Crippen LogP) is 3.42. The van der Waals surface area contributed by atoms with Gasteiger partial charge in [0, 0.05) is 11.7 Å². The van der Waals surface area contributed by atoms with Crippen molar-refractivity contribution in [3.8, 4) is 0 Å². The van der Waals surface area contributed by atoms with Crippen molar-refractivity contribution >= 4 is 17.6 Å². The summed E-state index contributed by atoms with van der Waals surface area (Å²) in [6, 6.07) is 9.50. The topological polar surface area (TPSA) is 59.8 Å². The number of nitrogens with zero attached hydrogens (tertiary/aromatic N) is 1. The summed E-state index contributed by atoms with van der Waals surface area (Å²) >= 11 is 0. The monoisotopic (exact) mass is 327 g/mol. The molecule has 2 aromatic rings. The van der Waals surface area contributed by atoms with Gasteiger partial charge in [0.25, 0.3) is 5.91 Å². The quantitative estimate of drug-likeness (QED) is 0.811. The predicted molar refractivity (Wildman–Crippen MR) is 90.2 cm³/mol. The van der Waals surface area contributed by atoms with Gasteiger partial charge in [-0.2, -0.15) is 0 Å². The summed E-state index contributed by atoms with van der Waals surface area (Å²) in [5.74, 6) is 0.390. The zero-order chi connectivity index (χ0) is 17.4. The highest BCUT2D eigenvalue weighted by atomic mass is 16.5. The molecule has 0 saturated heterocycles. The smallest absolute Gasteiger partial charge is 0.342 e. The zero-order valence-electron chi connectivity index (χ0n) is 14.3. The number of hydrogen-bond donors (Lipinski definition) is 0. The fraction of sp³-hybridized carbons (Fsp3) is 0.368. The third kappa shape index (κ3) is 2.82. The number of aryl methyl sites for hydroxylation is 2. The largest absolute Gasteiger partial charge is 0.466 e. The van der Waals surface area contributed by atoms with Crippen molar-refractivity contribution in [3.05, 3.63) is 53.0 Å². The van der Waals surface area contributed by atoms with E-state index >= 15 is 0 Å². The first-order chi connectivity index (χ1) is 11.4. The fourth-order valence-corrected chi connectivity index (χ4v) is 3.21. The second-order valence-electron chi connectivity index (χ2n) is 6.26. The molecule has 1 aromatic heterocycles. The second kappa shape index (κ2) is 6.15. The first-order valence-electron chi connectivity index (χ1n) is 8.07. The number of para-hydroxylation sites is 1. The Hall–Kier alpha value is -2.56. The van der Waals surface area contributed by atoms with E-state index in [1.54, 1.807) is 31.7 Å². The normalized spacial score (nSPS) is 17.5. The Bertz CT molecular complexity index is 792. The molecule has 0 fully saturated rings. The molecular weight excluding hydrogens is 306 g/mol. The summed E-state index contributed by atoms with van der Waals surface area (Å²) in [5.41, 5.74) is 2.40. The number of benzene rings is 1. The minimum atomic E-state index is -0.860. The molecular formula is C19H21NO4. The van der Waals surface area contributed by atoms with Gasteiger partial charge in [0.1, 0.15) is 17.1 Å². The van der Waals surface area contributed by atoms with Crippen molar-refractivity contribution in [3.63, 3.8) is 0 Å². The number of hydrogen-bond acceptors (Lipinski definition) is 4. The summed E-state index contributed by atoms with van der Waals surface area (Å²) < 4.78 is 10.7. The van der Waals surface area contributed by atoms with Crippen LogP contribution in [0.15, 0.2) is 34.7 Å². The van der Waals surface area contributed by atoms with Gasteiger partial charge in [-0.05, 0) is 51.8 Å². The van der Waals surface area contributed by atoms with Crippen LogP contribution in [0.25, 0.3) is 0 Å². The van der Waals surface area contributed by atoms with Crippen LogP contribution in [0.5, 0.6) is 0 Å². The fourth-order valence-electron chi connectivity index (χ4n) is 3.21. The summed E-state index contributed by atoms with van der Waals surface area (Å²) in [5, 5.41) is 0. The molecule has 0 aliphatic carbocycles. The van der Waals surface area contributed by atoms with E-state index in [4.69, 9.17) is 9.15 Å². The first-order valence-corrected chi connectivity index (χ1v) is 8.07. The summed E-state index contributed by atoms with van der Waals surface area (Å²) in [4.78, 5) is 26.8. The Morgan fingerprint density at radius 2 is 2.00 bits per heavy atom. The highest BCUT2D eigenvalue weighted by Gasteiger charge is 2.34. The third-order valence-electron chi connectivity index (χ3n) is 4.34. The number of ether oxygens (including phenoxy) is 1. The minimum absolute atomic E-state index is 0.0500. The summed E-state index contributed by atoms with van der Waals surface area (Å²) in [7, 11) is 0. The van der Waals surface area contributed by atoms with Gasteiger partial charge in [0.15, 0.2) is 6.10 Å². The van der Waals surface area contributed by atoms with Gasteiger partial charge in [-0.3, -0.25) is 4.79 Å². The van der Waals surface area contributed by atoms with E-state index in [0.29, 0.717) is 17.1 Å². The number of esters is 1. The van der Waals surface area contributed by atoms with Gasteiger partial charge >= 0.3 is 5.97 Å². The van der Waals surface area contributed by atoms with Crippen LogP contribution in [0.4, 0.5) is 5.69 Å². The maximum Gasteiger partial charge on any atom is 0.342 e. The Kier molecular flexibility index (Phi) is 4.18. The van der Waals surface area contributed by atoms with Crippen LogP contribution in [0.2, 0.25) is 0 Å². The highest BCUT2D eigenvalue weighted by molar-refractivity contribution is 6.01. The number of fused-ring (bicyclic) bond motifs is 1. The second-order valence-corrected chi connectivity index (χ2v) is 6.26. The van der Waals surface area contributed by atoms with Crippen molar-refractivity contribution < 1.29 is 18.7 Å². The van der Waals surface area contributed by atoms with Crippen molar-refractivity contribution in [2.75, 3.05) is 4.90 Å². The van der Waals surface area contributed by atoms with Crippen molar-refractivity contribution in [1.82, 2.24) is 0 Å². The lowest BCUT2D eigenvalue weighted by Crippen LogP contribution is -2.43. The lowest BCUT2D eigenvalue weighted by molar-refractivity contribution is -0.126. The van der Waals surface area contributed by atoms with E-state index in [9.17, 15) is 9.59 Å². The van der Waals surface area contributed by atoms with Crippen LogP contribution < -0.4 is 4.90 Å². The number of rotatable bonds is 3.